The minimum atomic E-state index is -4.58. The molecule has 2 N–H and O–H groups in total. The Hall–Kier alpha value is -2.69. The average molecular weight is 485 g/mol. The van der Waals surface area contributed by atoms with Gasteiger partial charge in [-0.1, -0.05) is 6.42 Å². The second-order valence-electron chi connectivity index (χ2n) is 8.96. The molecule has 0 bridgehead atoms. The number of carbonyl (C=O) groups is 3. The van der Waals surface area contributed by atoms with E-state index < -0.39 is 29.2 Å². The van der Waals surface area contributed by atoms with Gasteiger partial charge in [-0.2, -0.15) is 13.2 Å². The van der Waals surface area contributed by atoms with Gasteiger partial charge in [0.15, 0.2) is 0 Å². The zero-order valence-corrected chi connectivity index (χ0v) is 19.5. The second kappa shape index (κ2) is 10.7. The van der Waals surface area contributed by atoms with Crippen LogP contribution in [0.2, 0.25) is 0 Å². The van der Waals surface area contributed by atoms with Crippen molar-refractivity contribution in [1.29, 1.82) is 0 Å². The third-order valence-corrected chi connectivity index (χ3v) is 6.58. The fourth-order valence-electron chi connectivity index (χ4n) is 4.43. The van der Waals surface area contributed by atoms with Crippen molar-refractivity contribution in [2.45, 2.75) is 58.2 Å². The molecule has 0 saturated carbocycles. The lowest BCUT2D eigenvalue weighted by molar-refractivity contribution is -0.141. The molecule has 1 aromatic rings. The van der Waals surface area contributed by atoms with Crippen molar-refractivity contribution < 1.29 is 32.3 Å². The van der Waals surface area contributed by atoms with Crippen molar-refractivity contribution in [2.24, 2.45) is 5.41 Å². The van der Waals surface area contributed by atoms with Crippen LogP contribution in [0.1, 0.15) is 60.8 Å². The summed E-state index contributed by atoms with van der Waals surface area (Å²) in [6.45, 7) is 4.89. The summed E-state index contributed by atoms with van der Waals surface area (Å²) in [6.07, 6.45) is -1.65. The van der Waals surface area contributed by atoms with Crippen LogP contribution in [0, 0.1) is 12.3 Å². The van der Waals surface area contributed by atoms with Gasteiger partial charge in [0.25, 0.3) is 5.91 Å². The number of piperidine rings is 1. The number of amides is 3. The number of nitrogens with one attached hydrogen (secondary N) is 2. The number of likely N-dealkylation sites (tertiary alicyclic amines) is 1. The van der Waals surface area contributed by atoms with Crippen LogP contribution in [-0.2, 0) is 20.5 Å². The van der Waals surface area contributed by atoms with E-state index in [0.29, 0.717) is 39.0 Å². The molecule has 2 aliphatic rings. The Labute approximate surface area is 196 Å². The van der Waals surface area contributed by atoms with Crippen molar-refractivity contribution in [3.05, 3.63) is 29.1 Å². The fourth-order valence-corrected chi connectivity index (χ4v) is 4.43. The van der Waals surface area contributed by atoms with Crippen LogP contribution in [-0.4, -0.2) is 66.5 Å². The van der Waals surface area contributed by atoms with Gasteiger partial charge < -0.3 is 20.3 Å². The zero-order valence-electron chi connectivity index (χ0n) is 19.5. The van der Waals surface area contributed by atoms with Crippen LogP contribution >= 0.6 is 0 Å². The number of halogens is 3. The molecule has 1 spiro atoms. The molecule has 0 unspecified atom stereocenters. The fraction of sp³-hybridized carbons (Fsp3) is 0.652. The van der Waals surface area contributed by atoms with E-state index in [0.717, 1.165) is 25.0 Å². The summed E-state index contributed by atoms with van der Waals surface area (Å²) >= 11 is 0. The van der Waals surface area contributed by atoms with Crippen LogP contribution in [0.3, 0.4) is 0 Å². The number of hydrogen-bond donors (Lipinski definition) is 2. The van der Waals surface area contributed by atoms with Gasteiger partial charge in [0, 0.05) is 26.2 Å². The number of alkyl halides is 3. The Kier molecular flexibility index (Phi) is 8.17. The molecule has 2 aliphatic heterocycles. The number of rotatable bonds is 1. The van der Waals surface area contributed by atoms with Crippen molar-refractivity contribution >= 4 is 17.7 Å². The summed E-state index contributed by atoms with van der Waals surface area (Å²) in [5.74, 6) is -0.904. The molecule has 0 radical (unpaired) electrons. The highest BCUT2D eigenvalue weighted by atomic mass is 19.4. The average Bonchev–Trinajstić information content (AvgIpc) is 2.80. The lowest BCUT2D eigenvalue weighted by atomic mass is 9.73. The van der Waals surface area contributed by atoms with Gasteiger partial charge >= 0.3 is 6.18 Å². The normalized spacial score (nSPS) is 22.7. The van der Waals surface area contributed by atoms with Crippen molar-refractivity contribution in [2.75, 3.05) is 32.8 Å². The summed E-state index contributed by atoms with van der Waals surface area (Å²) in [4.78, 5) is 43.6. The second-order valence-corrected chi connectivity index (χ2v) is 8.96. The number of ether oxygens (including phenoxy) is 1. The first-order valence-electron chi connectivity index (χ1n) is 11.5. The number of nitrogens with zero attached hydrogens (tertiary/aromatic N) is 2. The molecule has 2 saturated heterocycles. The minimum absolute atomic E-state index is 0.0137. The Morgan fingerprint density at radius 3 is 2.50 bits per heavy atom. The van der Waals surface area contributed by atoms with E-state index in [1.807, 2.05) is 0 Å². The first-order valence-corrected chi connectivity index (χ1v) is 11.5. The van der Waals surface area contributed by atoms with Gasteiger partial charge in [-0.25, -0.2) is 4.98 Å². The van der Waals surface area contributed by atoms with Gasteiger partial charge in [-0.3, -0.25) is 14.4 Å². The molecule has 0 aliphatic carbocycles. The topological polar surface area (TPSA) is 101 Å². The van der Waals surface area contributed by atoms with Crippen molar-refractivity contribution in [3.63, 3.8) is 0 Å². The number of aryl methyl sites for hydroxylation is 1. The maximum Gasteiger partial charge on any atom is 0.433 e. The first kappa shape index (κ1) is 25.9. The van der Waals surface area contributed by atoms with Crippen LogP contribution in [0.5, 0.6) is 0 Å². The summed E-state index contributed by atoms with van der Waals surface area (Å²) < 4.78 is 44.2. The molecule has 0 aromatic carbocycles. The first-order chi connectivity index (χ1) is 16.0. The summed E-state index contributed by atoms with van der Waals surface area (Å²) in [5, 5.41) is 5.56. The van der Waals surface area contributed by atoms with Crippen LogP contribution in [0.4, 0.5) is 13.2 Å². The number of carbonyl (C=O) groups excluding carboxylic acids is 3. The highest BCUT2D eigenvalue weighted by molar-refractivity contribution is 5.95. The molecule has 8 nitrogen and oxygen atoms in total. The smallest absolute Gasteiger partial charge is 0.380 e. The monoisotopic (exact) mass is 484 g/mol. The molecule has 1 atom stereocenters. The number of pyridine rings is 1. The minimum Gasteiger partial charge on any atom is -0.380 e. The number of hydrogen-bond acceptors (Lipinski definition) is 5. The van der Waals surface area contributed by atoms with Crippen LogP contribution in [0.25, 0.3) is 0 Å². The van der Waals surface area contributed by atoms with Gasteiger partial charge in [0.05, 0.1) is 23.3 Å². The van der Waals surface area contributed by atoms with E-state index in [-0.39, 0.29) is 36.2 Å². The SMILES string of the molecule is Cc1nc(C(F)(F)F)ccc1C(=O)N1CCC2(CCCCOCCNC(=O)[C@H](C)NC2=O)CC1. The Morgan fingerprint density at radius 2 is 1.85 bits per heavy atom. The third kappa shape index (κ3) is 6.05. The largest absolute Gasteiger partial charge is 0.433 e. The zero-order chi connectivity index (χ0) is 24.9. The van der Waals surface area contributed by atoms with E-state index in [1.54, 1.807) is 11.8 Å². The van der Waals surface area contributed by atoms with E-state index >= 15 is 0 Å². The van der Waals surface area contributed by atoms with Gasteiger partial charge in [-0.05, 0) is 51.7 Å². The molecule has 3 heterocycles. The van der Waals surface area contributed by atoms with Crippen molar-refractivity contribution in [1.82, 2.24) is 20.5 Å². The van der Waals surface area contributed by atoms with E-state index in [2.05, 4.69) is 15.6 Å². The Bertz CT molecular complexity index is 914. The molecular weight excluding hydrogens is 453 g/mol. The molecule has 1 aromatic heterocycles. The predicted octanol–water partition coefficient (Wildman–Crippen LogP) is 2.45. The quantitative estimate of drug-likeness (QED) is 0.638. The number of aromatic nitrogens is 1. The summed E-state index contributed by atoms with van der Waals surface area (Å²) in [5.41, 5.74) is -1.64. The Morgan fingerprint density at radius 1 is 1.15 bits per heavy atom. The van der Waals surface area contributed by atoms with Crippen molar-refractivity contribution in [3.8, 4) is 0 Å². The summed E-state index contributed by atoms with van der Waals surface area (Å²) in [7, 11) is 0. The molecule has 11 heteroatoms. The maximum absolute atomic E-state index is 13.2. The predicted molar refractivity (Wildman–Crippen MR) is 117 cm³/mol. The van der Waals surface area contributed by atoms with Gasteiger partial charge in [-0.15, -0.1) is 0 Å². The lowest BCUT2D eigenvalue weighted by Crippen LogP contribution is -2.54. The van der Waals surface area contributed by atoms with E-state index in [9.17, 15) is 27.6 Å². The van der Waals surface area contributed by atoms with Crippen LogP contribution in [0.15, 0.2) is 12.1 Å². The molecule has 188 valence electrons. The Balaban J connectivity index is 1.72. The van der Waals surface area contributed by atoms with E-state index in [1.165, 1.54) is 6.92 Å². The van der Waals surface area contributed by atoms with Gasteiger partial charge in [0.2, 0.25) is 11.8 Å². The highest BCUT2D eigenvalue weighted by Gasteiger charge is 2.43. The van der Waals surface area contributed by atoms with Gasteiger partial charge in [0.1, 0.15) is 11.7 Å². The third-order valence-electron chi connectivity index (χ3n) is 6.58. The summed E-state index contributed by atoms with van der Waals surface area (Å²) in [6, 6.07) is 1.26. The molecular formula is C23H31F3N4O4. The van der Waals surface area contributed by atoms with E-state index in [4.69, 9.17) is 4.74 Å². The molecule has 2 fully saturated rings. The molecule has 34 heavy (non-hydrogen) atoms. The standard InChI is InChI=1S/C23H31F3N4O4/c1-15-17(5-6-18(28-15)23(24,25)26)20(32)30-11-8-22(9-12-30)7-3-4-13-34-14-10-27-19(31)16(2)29-21(22)33/h5-6,16H,3-4,7-14H2,1-2H3,(H,27,31)(H,29,33)/t16-/m0/s1. The van der Waals surface area contributed by atoms with Crippen LogP contribution < -0.4 is 10.6 Å². The molecule has 3 amide bonds. The molecule has 3 rings (SSSR count). The highest BCUT2D eigenvalue weighted by Crippen LogP contribution is 2.38. The maximum atomic E-state index is 13.2. The lowest BCUT2D eigenvalue weighted by Gasteiger charge is -2.41.